The van der Waals surface area contributed by atoms with Crippen LogP contribution in [0.5, 0.6) is 0 Å². The topological polar surface area (TPSA) is 66.4 Å². The number of amides is 1. The van der Waals surface area contributed by atoms with E-state index in [4.69, 9.17) is 0 Å². The summed E-state index contributed by atoms with van der Waals surface area (Å²) in [5.41, 5.74) is 0. The molecule has 20 heavy (non-hydrogen) atoms. The second-order valence-corrected chi connectivity index (χ2v) is 6.86. The van der Waals surface area contributed by atoms with Crippen molar-refractivity contribution in [3.63, 3.8) is 0 Å². The average molecular weight is 297 g/mol. The quantitative estimate of drug-likeness (QED) is 0.782. The Labute approximate surface area is 124 Å². The summed E-state index contributed by atoms with van der Waals surface area (Å²) in [4.78, 5) is 23.6. The molecule has 2 rings (SSSR count). The van der Waals surface area contributed by atoms with Gasteiger partial charge in [0.1, 0.15) is 0 Å². The monoisotopic (exact) mass is 297 g/mol. The zero-order valence-corrected chi connectivity index (χ0v) is 12.7. The maximum Gasteiger partial charge on any atom is 0.307 e. The van der Waals surface area contributed by atoms with Gasteiger partial charge in [-0.05, 0) is 38.4 Å². The summed E-state index contributed by atoms with van der Waals surface area (Å²) in [6.07, 6.45) is 11.3. The van der Waals surface area contributed by atoms with Crippen molar-refractivity contribution in [1.82, 2.24) is 5.32 Å². The highest BCUT2D eigenvalue weighted by Crippen LogP contribution is 2.29. The van der Waals surface area contributed by atoms with E-state index in [0.717, 1.165) is 19.3 Å². The lowest BCUT2D eigenvalue weighted by atomic mass is 9.82. The number of carbonyl (C=O) groups is 2. The van der Waals surface area contributed by atoms with E-state index in [0.29, 0.717) is 18.1 Å². The Morgan fingerprint density at radius 2 is 1.90 bits per heavy atom. The molecule has 0 radical (unpaired) electrons. The summed E-state index contributed by atoms with van der Waals surface area (Å²) in [6, 6.07) is 0.217. The smallest absolute Gasteiger partial charge is 0.307 e. The lowest BCUT2D eigenvalue weighted by Gasteiger charge is -2.31. The van der Waals surface area contributed by atoms with Crippen molar-refractivity contribution in [2.45, 2.75) is 49.8 Å². The number of rotatable bonds is 4. The molecule has 0 bridgehead atoms. The molecule has 5 heteroatoms. The number of carboxylic acid groups (broad SMARTS) is 1. The number of thioether (sulfide) groups is 1. The van der Waals surface area contributed by atoms with Crippen molar-refractivity contribution >= 4 is 23.6 Å². The van der Waals surface area contributed by atoms with Gasteiger partial charge < -0.3 is 10.4 Å². The number of aliphatic carboxylic acids is 1. The van der Waals surface area contributed by atoms with Gasteiger partial charge in [-0.3, -0.25) is 9.59 Å². The fourth-order valence-corrected chi connectivity index (χ4v) is 4.00. The third kappa shape index (κ3) is 3.78. The van der Waals surface area contributed by atoms with Gasteiger partial charge in [0.25, 0.3) is 0 Å². The van der Waals surface area contributed by atoms with Crippen molar-refractivity contribution in [2.75, 3.05) is 6.26 Å². The third-order valence-electron chi connectivity index (χ3n) is 4.39. The van der Waals surface area contributed by atoms with Gasteiger partial charge in [0.15, 0.2) is 0 Å². The van der Waals surface area contributed by atoms with E-state index in [-0.39, 0.29) is 11.9 Å². The second kappa shape index (κ2) is 7.16. The second-order valence-electron chi connectivity index (χ2n) is 5.72. The number of carboxylic acids is 1. The molecular formula is C15H23NO3S. The first kappa shape index (κ1) is 15.4. The van der Waals surface area contributed by atoms with Gasteiger partial charge in [0, 0.05) is 11.3 Å². The van der Waals surface area contributed by atoms with Crippen LogP contribution in [0.4, 0.5) is 0 Å². The van der Waals surface area contributed by atoms with E-state index >= 15 is 0 Å². The first-order valence-corrected chi connectivity index (χ1v) is 8.61. The normalized spacial score (nSPS) is 33.6. The molecule has 0 aromatic heterocycles. The van der Waals surface area contributed by atoms with Crippen LogP contribution in [-0.2, 0) is 9.59 Å². The van der Waals surface area contributed by atoms with Crippen LogP contribution < -0.4 is 5.32 Å². The predicted octanol–water partition coefficient (Wildman–Crippen LogP) is 2.44. The first-order chi connectivity index (χ1) is 9.61. The molecule has 0 heterocycles. The minimum Gasteiger partial charge on any atom is -0.481 e. The van der Waals surface area contributed by atoms with Crippen molar-refractivity contribution < 1.29 is 14.7 Å². The Kier molecular flexibility index (Phi) is 5.52. The van der Waals surface area contributed by atoms with Crippen LogP contribution in [-0.4, -0.2) is 34.5 Å². The molecule has 2 aliphatic carbocycles. The summed E-state index contributed by atoms with van der Waals surface area (Å²) < 4.78 is 0. The van der Waals surface area contributed by atoms with Crippen LogP contribution in [0.25, 0.3) is 0 Å². The molecule has 1 fully saturated rings. The number of allylic oxidation sites excluding steroid dienone is 2. The SMILES string of the molecule is CSC1CCCC(NC(=O)C2CC=CCC2C(=O)O)C1. The Morgan fingerprint density at radius 3 is 2.55 bits per heavy atom. The van der Waals surface area contributed by atoms with Crippen molar-refractivity contribution in [3.05, 3.63) is 12.2 Å². The summed E-state index contributed by atoms with van der Waals surface area (Å²) in [7, 11) is 0. The lowest BCUT2D eigenvalue weighted by Crippen LogP contribution is -2.45. The first-order valence-electron chi connectivity index (χ1n) is 7.32. The predicted molar refractivity (Wildman–Crippen MR) is 80.7 cm³/mol. The molecular weight excluding hydrogens is 274 g/mol. The Balaban J connectivity index is 1.93. The van der Waals surface area contributed by atoms with E-state index < -0.39 is 17.8 Å². The Bertz CT molecular complexity index is 397. The van der Waals surface area contributed by atoms with Gasteiger partial charge in [-0.1, -0.05) is 18.6 Å². The number of hydrogen-bond acceptors (Lipinski definition) is 3. The fourth-order valence-electron chi connectivity index (χ4n) is 3.18. The molecule has 4 unspecified atom stereocenters. The molecule has 4 nitrogen and oxygen atoms in total. The third-order valence-corrected chi connectivity index (χ3v) is 5.49. The molecule has 0 aromatic rings. The van der Waals surface area contributed by atoms with Crippen LogP contribution in [0.15, 0.2) is 12.2 Å². The fraction of sp³-hybridized carbons (Fsp3) is 0.733. The number of carbonyl (C=O) groups excluding carboxylic acids is 1. The van der Waals surface area contributed by atoms with Crippen LogP contribution in [0.2, 0.25) is 0 Å². The van der Waals surface area contributed by atoms with E-state index in [1.807, 2.05) is 23.9 Å². The van der Waals surface area contributed by atoms with Crippen molar-refractivity contribution in [3.8, 4) is 0 Å². The lowest BCUT2D eigenvalue weighted by molar-refractivity contribution is -0.147. The molecule has 1 amide bonds. The molecule has 0 spiro atoms. The van der Waals surface area contributed by atoms with Gasteiger partial charge in [-0.25, -0.2) is 0 Å². The highest BCUT2D eigenvalue weighted by molar-refractivity contribution is 7.99. The van der Waals surface area contributed by atoms with E-state index in [9.17, 15) is 14.7 Å². The zero-order valence-electron chi connectivity index (χ0n) is 11.9. The van der Waals surface area contributed by atoms with E-state index in [2.05, 4.69) is 11.6 Å². The maximum atomic E-state index is 12.4. The Morgan fingerprint density at radius 1 is 1.20 bits per heavy atom. The summed E-state index contributed by atoms with van der Waals surface area (Å²) in [5, 5.41) is 12.9. The molecule has 0 aromatic carbocycles. The highest BCUT2D eigenvalue weighted by Gasteiger charge is 2.35. The van der Waals surface area contributed by atoms with Crippen LogP contribution in [0.1, 0.15) is 38.5 Å². The van der Waals surface area contributed by atoms with Crippen LogP contribution in [0, 0.1) is 11.8 Å². The molecule has 0 saturated heterocycles. The van der Waals surface area contributed by atoms with E-state index in [1.54, 1.807) is 0 Å². The van der Waals surface area contributed by atoms with Crippen LogP contribution >= 0.6 is 11.8 Å². The molecule has 2 N–H and O–H groups in total. The summed E-state index contributed by atoms with van der Waals surface area (Å²) >= 11 is 1.86. The average Bonchev–Trinajstić information content (AvgIpc) is 2.47. The summed E-state index contributed by atoms with van der Waals surface area (Å²) in [6.45, 7) is 0. The van der Waals surface area contributed by atoms with Gasteiger partial charge in [0.2, 0.25) is 5.91 Å². The molecule has 1 saturated carbocycles. The van der Waals surface area contributed by atoms with Gasteiger partial charge in [-0.2, -0.15) is 11.8 Å². The van der Waals surface area contributed by atoms with Gasteiger partial charge in [-0.15, -0.1) is 0 Å². The maximum absolute atomic E-state index is 12.4. The molecule has 4 atom stereocenters. The minimum atomic E-state index is -0.861. The standard InChI is InChI=1S/C15H23NO3S/c1-20-11-6-4-5-10(9-11)16-14(17)12-7-2-3-8-13(12)15(18)19/h2-3,10-13H,4-9H2,1H3,(H,16,17)(H,18,19). The molecule has 0 aliphatic heterocycles. The molecule has 2 aliphatic rings. The van der Waals surface area contributed by atoms with E-state index in [1.165, 1.54) is 6.42 Å². The summed E-state index contributed by atoms with van der Waals surface area (Å²) in [5.74, 6) is -1.92. The van der Waals surface area contributed by atoms with Crippen molar-refractivity contribution in [2.24, 2.45) is 11.8 Å². The van der Waals surface area contributed by atoms with Crippen molar-refractivity contribution in [1.29, 1.82) is 0 Å². The number of nitrogens with one attached hydrogen (secondary N) is 1. The van der Waals surface area contributed by atoms with Gasteiger partial charge >= 0.3 is 5.97 Å². The molecule has 112 valence electrons. The highest BCUT2D eigenvalue weighted by atomic mass is 32.2. The zero-order chi connectivity index (χ0) is 14.5. The van der Waals surface area contributed by atoms with Gasteiger partial charge in [0.05, 0.1) is 11.8 Å². The largest absolute Gasteiger partial charge is 0.481 e. The minimum absolute atomic E-state index is 0.0755. The number of hydrogen-bond donors (Lipinski definition) is 2. The van der Waals surface area contributed by atoms with Crippen LogP contribution in [0.3, 0.4) is 0 Å². The Hall–Kier alpha value is -0.970.